The van der Waals surface area contributed by atoms with Gasteiger partial charge in [-0.15, -0.1) is 0 Å². The van der Waals surface area contributed by atoms with E-state index in [1.165, 1.54) is 4.68 Å². The van der Waals surface area contributed by atoms with Gasteiger partial charge in [0.2, 0.25) is 10.0 Å². The van der Waals surface area contributed by atoms with Crippen LogP contribution < -0.4 is 4.72 Å². The highest BCUT2D eigenvalue weighted by Crippen LogP contribution is 2.33. The van der Waals surface area contributed by atoms with Gasteiger partial charge >= 0.3 is 6.18 Å². The molecule has 5 nitrogen and oxygen atoms in total. The molecule has 0 aliphatic carbocycles. The molecule has 1 heterocycles. The lowest BCUT2D eigenvalue weighted by molar-refractivity contribution is -0.141. The summed E-state index contributed by atoms with van der Waals surface area (Å²) in [6, 6.07) is 14.2. The van der Waals surface area contributed by atoms with Crippen molar-refractivity contribution in [2.45, 2.75) is 12.6 Å². The van der Waals surface area contributed by atoms with Crippen LogP contribution in [0.3, 0.4) is 0 Å². The number of halogens is 4. The van der Waals surface area contributed by atoms with Crippen molar-refractivity contribution in [3.8, 4) is 16.9 Å². The third-order valence-electron chi connectivity index (χ3n) is 4.10. The fourth-order valence-electron chi connectivity index (χ4n) is 2.73. The maximum atomic E-state index is 13.2. The number of aromatic nitrogens is 2. The molecule has 0 aliphatic rings. The first-order valence-corrected chi connectivity index (χ1v) is 10.8. The van der Waals surface area contributed by atoms with E-state index in [0.717, 1.165) is 17.9 Å². The zero-order valence-corrected chi connectivity index (χ0v) is 16.8. The summed E-state index contributed by atoms with van der Waals surface area (Å²) >= 11 is 5.87. The van der Waals surface area contributed by atoms with Crippen molar-refractivity contribution in [3.05, 3.63) is 70.9 Å². The zero-order valence-electron chi connectivity index (χ0n) is 15.2. The monoisotopic (exact) mass is 443 g/mol. The van der Waals surface area contributed by atoms with Crippen LogP contribution in [0.4, 0.5) is 13.2 Å². The second-order valence-corrected chi connectivity index (χ2v) is 8.68. The molecule has 0 atom stereocenters. The van der Waals surface area contributed by atoms with Crippen molar-refractivity contribution in [1.29, 1.82) is 0 Å². The molecule has 1 N–H and O–H groups in total. The Labute approximate surface area is 171 Å². The van der Waals surface area contributed by atoms with E-state index in [1.807, 2.05) is 0 Å². The molecule has 0 saturated heterocycles. The normalized spacial score (nSPS) is 12.3. The topological polar surface area (TPSA) is 64.0 Å². The van der Waals surface area contributed by atoms with Crippen LogP contribution in [0.2, 0.25) is 5.02 Å². The number of nitrogens with zero attached hydrogens (tertiary/aromatic N) is 2. The SMILES string of the molecule is CS(=O)(=O)NCCc1ccc(-c2cc(C(F)(F)F)nn2-c2ccc(Cl)cc2)cc1. The lowest BCUT2D eigenvalue weighted by Gasteiger charge is -2.09. The first-order valence-electron chi connectivity index (χ1n) is 8.50. The molecule has 0 unspecified atom stereocenters. The van der Waals surface area contributed by atoms with Gasteiger partial charge in [-0.1, -0.05) is 35.9 Å². The summed E-state index contributed by atoms with van der Waals surface area (Å²) in [5.41, 5.74) is 1.12. The van der Waals surface area contributed by atoms with E-state index in [1.54, 1.807) is 48.5 Å². The average molecular weight is 444 g/mol. The summed E-state index contributed by atoms with van der Waals surface area (Å²) in [4.78, 5) is 0. The van der Waals surface area contributed by atoms with Crippen LogP contribution in [-0.4, -0.2) is 31.0 Å². The third-order valence-corrected chi connectivity index (χ3v) is 5.08. The molecule has 0 aliphatic heterocycles. The van der Waals surface area contributed by atoms with Crippen molar-refractivity contribution in [2.75, 3.05) is 12.8 Å². The van der Waals surface area contributed by atoms with E-state index in [-0.39, 0.29) is 12.2 Å². The fraction of sp³-hybridized carbons (Fsp3) is 0.211. The van der Waals surface area contributed by atoms with Crippen LogP contribution in [0.1, 0.15) is 11.3 Å². The minimum absolute atomic E-state index is 0.235. The van der Waals surface area contributed by atoms with E-state index in [9.17, 15) is 21.6 Å². The number of benzene rings is 2. The summed E-state index contributed by atoms with van der Waals surface area (Å²) in [5, 5.41) is 4.19. The molecule has 3 rings (SSSR count). The summed E-state index contributed by atoms with van der Waals surface area (Å²) in [6.07, 6.45) is -3.05. The van der Waals surface area contributed by atoms with E-state index in [0.29, 0.717) is 22.7 Å². The first kappa shape index (κ1) is 21.4. The van der Waals surface area contributed by atoms with Crippen LogP contribution in [-0.2, 0) is 22.6 Å². The smallest absolute Gasteiger partial charge is 0.233 e. The summed E-state index contributed by atoms with van der Waals surface area (Å²) in [7, 11) is -3.27. The molecule has 0 fully saturated rings. The van der Waals surface area contributed by atoms with E-state index < -0.39 is 21.9 Å². The highest BCUT2D eigenvalue weighted by atomic mass is 35.5. The maximum Gasteiger partial charge on any atom is 0.435 e. The van der Waals surface area contributed by atoms with Gasteiger partial charge in [-0.2, -0.15) is 18.3 Å². The minimum atomic E-state index is -4.58. The van der Waals surface area contributed by atoms with Crippen molar-refractivity contribution < 1.29 is 21.6 Å². The Bertz CT molecular complexity index is 1090. The molecule has 0 radical (unpaired) electrons. The number of hydrogen-bond donors (Lipinski definition) is 1. The summed E-state index contributed by atoms with van der Waals surface area (Å²) in [5.74, 6) is 0. The van der Waals surface area contributed by atoms with Crippen molar-refractivity contribution in [2.24, 2.45) is 0 Å². The number of sulfonamides is 1. The largest absolute Gasteiger partial charge is 0.435 e. The van der Waals surface area contributed by atoms with E-state index in [4.69, 9.17) is 11.6 Å². The molecule has 154 valence electrons. The number of hydrogen-bond acceptors (Lipinski definition) is 3. The van der Waals surface area contributed by atoms with Crippen LogP contribution in [0.25, 0.3) is 16.9 Å². The Kier molecular flexibility index (Phi) is 6.02. The molecule has 1 aromatic heterocycles. The second kappa shape index (κ2) is 8.17. The van der Waals surface area contributed by atoms with Crippen molar-refractivity contribution in [1.82, 2.24) is 14.5 Å². The van der Waals surface area contributed by atoms with Gasteiger partial charge in [0.25, 0.3) is 0 Å². The number of rotatable bonds is 6. The molecule has 0 spiro atoms. The molecule has 0 amide bonds. The van der Waals surface area contributed by atoms with Crippen molar-refractivity contribution >= 4 is 21.6 Å². The van der Waals surface area contributed by atoms with Crippen LogP contribution >= 0.6 is 11.6 Å². The van der Waals surface area contributed by atoms with Gasteiger partial charge in [0.15, 0.2) is 5.69 Å². The highest BCUT2D eigenvalue weighted by Gasteiger charge is 2.35. The third kappa shape index (κ3) is 5.59. The molecule has 2 aromatic carbocycles. The zero-order chi connectivity index (χ0) is 21.2. The second-order valence-electron chi connectivity index (χ2n) is 6.41. The highest BCUT2D eigenvalue weighted by molar-refractivity contribution is 7.88. The summed E-state index contributed by atoms with van der Waals surface area (Å²) in [6.45, 7) is 0.235. The van der Waals surface area contributed by atoms with Gasteiger partial charge in [-0.3, -0.25) is 0 Å². The van der Waals surface area contributed by atoms with Gasteiger partial charge in [0, 0.05) is 17.1 Å². The minimum Gasteiger partial charge on any atom is -0.233 e. The molecule has 3 aromatic rings. The Morgan fingerprint density at radius 1 is 1.07 bits per heavy atom. The van der Waals surface area contributed by atoms with E-state index >= 15 is 0 Å². The molecule has 10 heteroatoms. The lowest BCUT2D eigenvalue weighted by atomic mass is 10.1. The Hall–Kier alpha value is -2.36. The number of alkyl halides is 3. The Morgan fingerprint density at radius 3 is 2.24 bits per heavy atom. The average Bonchev–Trinajstić information content (AvgIpc) is 3.08. The van der Waals surface area contributed by atoms with Gasteiger partial charge in [-0.05, 0) is 42.3 Å². The summed E-state index contributed by atoms with van der Waals surface area (Å²) < 4.78 is 65.5. The fourth-order valence-corrected chi connectivity index (χ4v) is 3.33. The molecule has 29 heavy (non-hydrogen) atoms. The molecule has 0 saturated carbocycles. The van der Waals surface area contributed by atoms with Gasteiger partial charge < -0.3 is 0 Å². The first-order chi connectivity index (χ1) is 13.5. The molecule has 0 bridgehead atoms. The predicted octanol–water partition coefficient (Wildman–Crippen LogP) is 4.30. The van der Waals surface area contributed by atoms with Crippen molar-refractivity contribution in [3.63, 3.8) is 0 Å². The van der Waals surface area contributed by atoms with E-state index in [2.05, 4.69) is 9.82 Å². The number of nitrogens with one attached hydrogen (secondary N) is 1. The lowest BCUT2D eigenvalue weighted by Crippen LogP contribution is -2.24. The van der Waals surface area contributed by atoms with Gasteiger partial charge in [0.05, 0.1) is 17.6 Å². The van der Waals surface area contributed by atoms with Gasteiger partial charge in [0.1, 0.15) is 0 Å². The maximum absolute atomic E-state index is 13.2. The standard InChI is InChI=1S/C19H17ClF3N3O2S/c1-29(27,28)24-11-10-13-2-4-14(5-3-13)17-12-18(19(21,22)23)25-26(17)16-8-6-15(20)7-9-16/h2-9,12,24H,10-11H2,1H3. The van der Waals surface area contributed by atoms with Crippen LogP contribution in [0.5, 0.6) is 0 Å². The van der Waals surface area contributed by atoms with Crippen LogP contribution in [0.15, 0.2) is 54.6 Å². The quantitative estimate of drug-likeness (QED) is 0.617. The van der Waals surface area contributed by atoms with Gasteiger partial charge in [-0.25, -0.2) is 17.8 Å². The van der Waals surface area contributed by atoms with Crippen LogP contribution in [0, 0.1) is 0 Å². The predicted molar refractivity (Wildman–Crippen MR) is 106 cm³/mol. The molecular formula is C19H17ClF3N3O2S. The Balaban J connectivity index is 1.92. The Morgan fingerprint density at radius 2 is 1.69 bits per heavy atom. The molecular weight excluding hydrogens is 427 g/mol.